The van der Waals surface area contributed by atoms with Gasteiger partial charge < -0.3 is 9.84 Å². The summed E-state index contributed by atoms with van der Waals surface area (Å²) < 4.78 is 26.2. The van der Waals surface area contributed by atoms with Crippen molar-refractivity contribution in [3.8, 4) is 17.0 Å². The SMILES string of the molecule is CCOc1ccc(-c2nsnc2C(=O)O)cc1F. The van der Waals surface area contributed by atoms with E-state index in [9.17, 15) is 9.18 Å². The quantitative estimate of drug-likeness (QED) is 0.922. The largest absolute Gasteiger partial charge is 0.491 e. The number of carboxylic acids is 1. The Morgan fingerprint density at radius 2 is 2.28 bits per heavy atom. The molecule has 0 amide bonds. The van der Waals surface area contributed by atoms with Crippen LogP contribution in [0.1, 0.15) is 17.4 Å². The zero-order chi connectivity index (χ0) is 13.1. The summed E-state index contributed by atoms with van der Waals surface area (Å²) in [4.78, 5) is 10.9. The van der Waals surface area contributed by atoms with Crippen molar-refractivity contribution in [3.63, 3.8) is 0 Å². The number of nitrogens with zero attached hydrogens (tertiary/aromatic N) is 2. The molecule has 5 nitrogen and oxygen atoms in total. The van der Waals surface area contributed by atoms with Gasteiger partial charge in [0, 0.05) is 5.56 Å². The molecule has 0 saturated carbocycles. The standard InChI is InChI=1S/C11H9FN2O3S/c1-2-17-8-4-3-6(5-7(8)12)9-10(11(15)16)14-18-13-9/h3-5H,2H2,1H3,(H,15,16). The maximum absolute atomic E-state index is 13.6. The number of rotatable bonds is 4. The fraction of sp³-hybridized carbons (Fsp3) is 0.182. The van der Waals surface area contributed by atoms with Crippen molar-refractivity contribution in [2.75, 3.05) is 6.61 Å². The number of aromatic carboxylic acids is 1. The van der Waals surface area contributed by atoms with Crippen molar-refractivity contribution < 1.29 is 19.0 Å². The van der Waals surface area contributed by atoms with E-state index in [0.29, 0.717) is 12.2 Å². The van der Waals surface area contributed by atoms with Crippen LogP contribution < -0.4 is 4.74 Å². The fourth-order valence-electron chi connectivity index (χ4n) is 1.44. The molecule has 18 heavy (non-hydrogen) atoms. The zero-order valence-electron chi connectivity index (χ0n) is 9.38. The second-order valence-corrected chi connectivity index (χ2v) is 3.87. The monoisotopic (exact) mass is 268 g/mol. The van der Waals surface area contributed by atoms with Gasteiger partial charge in [0.05, 0.1) is 18.3 Å². The number of carboxylic acid groups (broad SMARTS) is 1. The molecule has 94 valence electrons. The highest BCUT2D eigenvalue weighted by Gasteiger charge is 2.18. The van der Waals surface area contributed by atoms with E-state index in [1.165, 1.54) is 12.1 Å². The molecule has 1 aromatic carbocycles. The molecule has 0 aliphatic heterocycles. The lowest BCUT2D eigenvalue weighted by Gasteiger charge is -2.05. The molecule has 1 aromatic heterocycles. The predicted octanol–water partition coefficient (Wildman–Crippen LogP) is 2.44. The molecule has 2 rings (SSSR count). The van der Waals surface area contributed by atoms with Crippen LogP contribution in [0, 0.1) is 5.82 Å². The first kappa shape index (κ1) is 12.4. The van der Waals surface area contributed by atoms with Gasteiger partial charge in [-0.15, -0.1) is 0 Å². The Morgan fingerprint density at radius 1 is 1.50 bits per heavy atom. The number of hydrogen-bond donors (Lipinski definition) is 1. The van der Waals surface area contributed by atoms with Crippen molar-refractivity contribution >= 4 is 17.7 Å². The molecule has 0 saturated heterocycles. The fourth-order valence-corrected chi connectivity index (χ4v) is 2.00. The van der Waals surface area contributed by atoms with Gasteiger partial charge in [-0.1, -0.05) is 0 Å². The highest BCUT2D eigenvalue weighted by molar-refractivity contribution is 6.99. The Hall–Kier alpha value is -2.02. The van der Waals surface area contributed by atoms with Crippen LogP contribution in [0.2, 0.25) is 0 Å². The maximum Gasteiger partial charge on any atom is 0.357 e. The third kappa shape index (κ3) is 2.30. The van der Waals surface area contributed by atoms with Crippen LogP contribution in [0.5, 0.6) is 5.75 Å². The first-order chi connectivity index (χ1) is 8.63. The first-order valence-electron chi connectivity index (χ1n) is 5.12. The average molecular weight is 268 g/mol. The minimum Gasteiger partial charge on any atom is -0.491 e. The Balaban J connectivity index is 2.42. The summed E-state index contributed by atoms with van der Waals surface area (Å²) in [5.41, 5.74) is 0.347. The maximum atomic E-state index is 13.6. The van der Waals surface area contributed by atoms with E-state index in [1.807, 2.05) is 0 Å². The van der Waals surface area contributed by atoms with E-state index in [4.69, 9.17) is 9.84 Å². The molecule has 0 aliphatic carbocycles. The number of halogens is 1. The lowest BCUT2D eigenvalue weighted by molar-refractivity contribution is 0.0692. The first-order valence-corrected chi connectivity index (χ1v) is 5.85. The second kappa shape index (κ2) is 5.09. The van der Waals surface area contributed by atoms with Crippen LogP contribution in [0.25, 0.3) is 11.3 Å². The van der Waals surface area contributed by atoms with Crippen molar-refractivity contribution in [2.45, 2.75) is 6.92 Å². The number of aromatic nitrogens is 2. The van der Waals surface area contributed by atoms with Crippen LogP contribution >= 0.6 is 11.7 Å². The zero-order valence-corrected chi connectivity index (χ0v) is 10.2. The average Bonchev–Trinajstić information content (AvgIpc) is 2.81. The summed E-state index contributed by atoms with van der Waals surface area (Å²) in [7, 11) is 0. The van der Waals surface area contributed by atoms with Gasteiger partial charge >= 0.3 is 5.97 Å². The van der Waals surface area contributed by atoms with Crippen LogP contribution in [0.4, 0.5) is 4.39 Å². The smallest absolute Gasteiger partial charge is 0.357 e. The van der Waals surface area contributed by atoms with Crippen molar-refractivity contribution in [1.29, 1.82) is 0 Å². The molecule has 0 unspecified atom stereocenters. The van der Waals surface area contributed by atoms with Crippen LogP contribution in [-0.4, -0.2) is 26.4 Å². The van der Waals surface area contributed by atoms with Crippen LogP contribution in [0.3, 0.4) is 0 Å². The molecule has 0 radical (unpaired) electrons. The molecular formula is C11H9FN2O3S. The molecule has 1 heterocycles. The number of benzene rings is 1. The van der Waals surface area contributed by atoms with Gasteiger partial charge in [-0.25, -0.2) is 9.18 Å². The second-order valence-electron chi connectivity index (χ2n) is 3.34. The predicted molar refractivity (Wildman–Crippen MR) is 63.4 cm³/mol. The summed E-state index contributed by atoms with van der Waals surface area (Å²) in [5.74, 6) is -1.62. The Kier molecular flexibility index (Phi) is 3.52. The lowest BCUT2D eigenvalue weighted by Crippen LogP contribution is -2.00. The van der Waals surface area contributed by atoms with Crippen molar-refractivity contribution in [2.24, 2.45) is 0 Å². The lowest BCUT2D eigenvalue weighted by atomic mass is 10.1. The highest BCUT2D eigenvalue weighted by Crippen LogP contribution is 2.27. The minimum atomic E-state index is -1.19. The number of carbonyl (C=O) groups is 1. The Bertz CT molecular complexity index is 585. The molecule has 0 atom stereocenters. The molecular weight excluding hydrogens is 259 g/mol. The third-order valence-electron chi connectivity index (χ3n) is 2.20. The van der Waals surface area contributed by atoms with Gasteiger partial charge in [0.2, 0.25) is 0 Å². The van der Waals surface area contributed by atoms with Gasteiger partial charge in [0.25, 0.3) is 0 Å². The van der Waals surface area contributed by atoms with Crippen molar-refractivity contribution in [1.82, 2.24) is 8.75 Å². The Morgan fingerprint density at radius 3 is 2.89 bits per heavy atom. The van der Waals surface area contributed by atoms with Crippen LogP contribution in [-0.2, 0) is 0 Å². The molecule has 2 aromatic rings. The Labute approximate surface area is 106 Å². The normalized spacial score (nSPS) is 10.3. The molecule has 0 spiro atoms. The molecule has 7 heteroatoms. The third-order valence-corrected chi connectivity index (χ3v) is 2.72. The van der Waals surface area contributed by atoms with E-state index >= 15 is 0 Å². The van der Waals surface area contributed by atoms with Crippen LogP contribution in [0.15, 0.2) is 18.2 Å². The van der Waals surface area contributed by atoms with E-state index in [-0.39, 0.29) is 17.1 Å². The molecule has 0 aliphatic rings. The van der Waals surface area contributed by atoms with Crippen molar-refractivity contribution in [3.05, 3.63) is 29.7 Å². The van der Waals surface area contributed by atoms with Gasteiger partial charge in [-0.3, -0.25) is 0 Å². The minimum absolute atomic E-state index is 0.126. The summed E-state index contributed by atoms with van der Waals surface area (Å²) in [6.45, 7) is 2.11. The van der Waals surface area contributed by atoms with E-state index in [2.05, 4.69) is 8.75 Å². The summed E-state index contributed by atoms with van der Waals surface area (Å²) >= 11 is 0.775. The van der Waals surface area contributed by atoms with E-state index in [1.54, 1.807) is 13.0 Å². The topological polar surface area (TPSA) is 72.3 Å². The van der Waals surface area contributed by atoms with E-state index in [0.717, 1.165) is 11.7 Å². The summed E-state index contributed by atoms with van der Waals surface area (Å²) in [5, 5.41) is 8.91. The van der Waals surface area contributed by atoms with E-state index < -0.39 is 11.8 Å². The number of hydrogen-bond acceptors (Lipinski definition) is 5. The number of ether oxygens (including phenoxy) is 1. The van der Waals surface area contributed by atoms with Gasteiger partial charge in [-0.2, -0.15) is 8.75 Å². The van der Waals surface area contributed by atoms with Gasteiger partial charge in [0.1, 0.15) is 5.69 Å². The van der Waals surface area contributed by atoms with Gasteiger partial charge in [0.15, 0.2) is 17.3 Å². The molecule has 0 bridgehead atoms. The molecule has 0 fully saturated rings. The molecule has 1 N–H and O–H groups in total. The summed E-state index contributed by atoms with van der Waals surface area (Å²) in [6.07, 6.45) is 0. The summed E-state index contributed by atoms with van der Waals surface area (Å²) in [6, 6.07) is 4.19. The highest BCUT2D eigenvalue weighted by atomic mass is 32.1. The van der Waals surface area contributed by atoms with Gasteiger partial charge in [-0.05, 0) is 25.1 Å².